The van der Waals surface area contributed by atoms with Gasteiger partial charge in [0.25, 0.3) is 0 Å². The minimum Gasteiger partial charge on any atom is -0.363 e. The van der Waals surface area contributed by atoms with Crippen molar-refractivity contribution >= 4 is 17.6 Å². The van der Waals surface area contributed by atoms with E-state index >= 15 is 0 Å². The predicted octanol–water partition coefficient (Wildman–Crippen LogP) is 1.34. The molecule has 2 N–H and O–H groups in total. The molecule has 0 aromatic carbocycles. The minimum atomic E-state index is -0.228. The van der Waals surface area contributed by atoms with Crippen LogP contribution in [0.4, 0.5) is 5.82 Å². The molecule has 146 valence electrons. The molecule has 7 heteroatoms. The van der Waals surface area contributed by atoms with E-state index in [2.05, 4.69) is 24.3 Å². The first kappa shape index (κ1) is 20.4. The van der Waals surface area contributed by atoms with E-state index in [4.69, 9.17) is 4.52 Å². The zero-order chi connectivity index (χ0) is 18.8. The van der Waals surface area contributed by atoms with E-state index in [-0.39, 0.29) is 24.3 Å². The van der Waals surface area contributed by atoms with E-state index in [9.17, 15) is 9.59 Å². The fourth-order valence-electron chi connectivity index (χ4n) is 3.53. The van der Waals surface area contributed by atoms with Gasteiger partial charge in [0.1, 0.15) is 12.8 Å². The normalized spacial score (nSPS) is 15.8. The molecule has 1 atom stereocenters. The molecule has 7 nitrogen and oxygen atoms in total. The summed E-state index contributed by atoms with van der Waals surface area (Å²) in [6.45, 7) is 8.13. The lowest BCUT2D eigenvalue weighted by Gasteiger charge is -2.27. The van der Waals surface area contributed by atoms with Crippen LogP contribution in [0.1, 0.15) is 52.4 Å². The third-order valence-electron chi connectivity index (χ3n) is 5.15. The molecule has 0 radical (unpaired) electrons. The van der Waals surface area contributed by atoms with Crippen LogP contribution < -0.4 is 10.2 Å². The smallest absolute Gasteiger partial charge is 0.245 e. The van der Waals surface area contributed by atoms with Gasteiger partial charge < -0.3 is 19.6 Å². The molecule has 0 bridgehead atoms. The number of unbranched alkanes of at least 4 members (excludes halogenated alkanes) is 1. The van der Waals surface area contributed by atoms with Gasteiger partial charge in [0.2, 0.25) is 11.8 Å². The Kier molecular flexibility index (Phi) is 8.61. The molecule has 1 aliphatic heterocycles. The van der Waals surface area contributed by atoms with Gasteiger partial charge in [-0.2, -0.15) is 0 Å². The molecule has 0 spiro atoms. The summed E-state index contributed by atoms with van der Waals surface area (Å²) in [7, 11) is 0. The molecule has 1 fully saturated rings. The number of anilines is 1. The number of aromatic nitrogens is 1. The maximum Gasteiger partial charge on any atom is 0.245 e. The zero-order valence-electron chi connectivity index (χ0n) is 16.1. The van der Waals surface area contributed by atoms with Gasteiger partial charge in [-0.15, -0.1) is 0 Å². The summed E-state index contributed by atoms with van der Waals surface area (Å²) in [4.78, 5) is 28.6. The summed E-state index contributed by atoms with van der Waals surface area (Å²) in [5, 5.41) is 6.39. The average molecular weight is 365 g/mol. The van der Waals surface area contributed by atoms with Gasteiger partial charge in [-0.3, -0.25) is 9.59 Å². The molecule has 2 amide bonds. The molecule has 2 heterocycles. The molecule has 26 heavy (non-hydrogen) atoms. The van der Waals surface area contributed by atoms with Gasteiger partial charge in [0.05, 0.1) is 26.2 Å². The van der Waals surface area contributed by atoms with Gasteiger partial charge in [0, 0.05) is 24.8 Å². The average Bonchev–Trinajstić information content (AvgIpc) is 3.32. The van der Waals surface area contributed by atoms with Crippen molar-refractivity contribution in [3.63, 3.8) is 0 Å². The highest BCUT2D eigenvalue weighted by Gasteiger charge is 2.26. The number of nitrogens with one attached hydrogen (secondary N) is 2. The maximum absolute atomic E-state index is 13.0. The number of quaternary nitrogens is 1. The molecule has 0 unspecified atom stereocenters. The van der Waals surface area contributed by atoms with E-state index < -0.39 is 0 Å². The monoisotopic (exact) mass is 365 g/mol. The van der Waals surface area contributed by atoms with Crippen molar-refractivity contribution in [2.45, 2.75) is 52.4 Å². The second-order valence-corrected chi connectivity index (χ2v) is 7.15. The maximum atomic E-state index is 13.0. The summed E-state index contributed by atoms with van der Waals surface area (Å²) < 4.78 is 4.73. The SMILES string of the molecule is CCCC[C@@H](CC)C(=O)N(CC[NH+]1CCCC1)CC(=O)Nc1ccon1. The Morgan fingerprint density at radius 3 is 2.73 bits per heavy atom. The number of hydrogen-bond donors (Lipinski definition) is 2. The standard InChI is InChI=1S/C19H32N4O3/c1-3-5-8-16(4-2)19(25)23(13-12-22-10-6-7-11-22)15-18(24)20-17-9-14-26-21-17/h9,14,16H,3-8,10-13,15H2,1-2H3,(H,20,21,24)/p+1/t16-/m1/s1. The van der Waals surface area contributed by atoms with Crippen molar-refractivity contribution in [1.29, 1.82) is 0 Å². The molecule has 0 saturated carbocycles. The highest BCUT2D eigenvalue weighted by Crippen LogP contribution is 2.16. The summed E-state index contributed by atoms with van der Waals surface area (Å²) in [6.07, 6.45) is 7.75. The number of likely N-dealkylation sites (tertiary alicyclic amines) is 1. The molecule has 2 rings (SSSR count). The van der Waals surface area contributed by atoms with Crippen LogP contribution in [0.3, 0.4) is 0 Å². The van der Waals surface area contributed by atoms with Crippen LogP contribution in [-0.2, 0) is 9.59 Å². The van der Waals surface area contributed by atoms with Crippen molar-refractivity contribution in [3.8, 4) is 0 Å². The number of rotatable bonds is 11. The lowest BCUT2D eigenvalue weighted by molar-refractivity contribution is -0.886. The summed E-state index contributed by atoms with van der Waals surface area (Å²) in [5.41, 5.74) is 0. The highest BCUT2D eigenvalue weighted by atomic mass is 16.5. The fraction of sp³-hybridized carbons (Fsp3) is 0.737. The van der Waals surface area contributed by atoms with Crippen LogP contribution in [0, 0.1) is 5.92 Å². The van der Waals surface area contributed by atoms with Crippen molar-refractivity contribution in [2.24, 2.45) is 5.92 Å². The molecular weight excluding hydrogens is 332 g/mol. The van der Waals surface area contributed by atoms with E-state index in [1.54, 1.807) is 11.0 Å². The quantitative estimate of drug-likeness (QED) is 0.620. The largest absolute Gasteiger partial charge is 0.363 e. The van der Waals surface area contributed by atoms with E-state index in [1.165, 1.54) is 37.1 Å². The Morgan fingerprint density at radius 1 is 1.35 bits per heavy atom. The highest BCUT2D eigenvalue weighted by molar-refractivity contribution is 5.94. The Hall–Kier alpha value is -1.89. The van der Waals surface area contributed by atoms with Crippen molar-refractivity contribution < 1.29 is 19.0 Å². The first-order chi connectivity index (χ1) is 12.6. The van der Waals surface area contributed by atoms with Gasteiger partial charge in [0.15, 0.2) is 5.82 Å². The first-order valence-corrected chi connectivity index (χ1v) is 9.96. The topological polar surface area (TPSA) is 79.9 Å². The number of hydrogen-bond acceptors (Lipinski definition) is 4. The van der Waals surface area contributed by atoms with E-state index in [1.807, 2.05) is 0 Å². The Labute approximate surface area is 156 Å². The van der Waals surface area contributed by atoms with Gasteiger partial charge in [-0.05, 0) is 12.8 Å². The molecule has 0 aliphatic carbocycles. The van der Waals surface area contributed by atoms with Crippen LogP contribution in [0.5, 0.6) is 0 Å². The van der Waals surface area contributed by atoms with E-state index in [0.29, 0.717) is 12.4 Å². The van der Waals surface area contributed by atoms with Crippen molar-refractivity contribution in [1.82, 2.24) is 10.1 Å². The fourth-order valence-corrected chi connectivity index (χ4v) is 3.53. The first-order valence-electron chi connectivity index (χ1n) is 9.96. The summed E-state index contributed by atoms with van der Waals surface area (Å²) >= 11 is 0. The van der Waals surface area contributed by atoms with Crippen LogP contribution in [-0.4, -0.2) is 54.6 Å². The van der Waals surface area contributed by atoms with Crippen LogP contribution in [0.15, 0.2) is 16.9 Å². The number of carbonyl (C=O) groups excluding carboxylic acids is 2. The number of amides is 2. The second kappa shape index (κ2) is 11.0. The molecule has 1 saturated heterocycles. The molecular formula is C19H33N4O3+. The number of nitrogens with zero attached hydrogens (tertiary/aromatic N) is 2. The molecule has 1 aromatic heterocycles. The molecule has 1 aliphatic rings. The number of carbonyl (C=O) groups is 2. The minimum absolute atomic E-state index is 0.00313. The lowest BCUT2D eigenvalue weighted by atomic mass is 9.97. The van der Waals surface area contributed by atoms with Gasteiger partial charge in [-0.1, -0.05) is 31.8 Å². The van der Waals surface area contributed by atoms with Crippen LogP contribution in [0.2, 0.25) is 0 Å². The van der Waals surface area contributed by atoms with Crippen LogP contribution in [0.25, 0.3) is 0 Å². The predicted molar refractivity (Wildman–Crippen MR) is 99.8 cm³/mol. The van der Waals surface area contributed by atoms with E-state index in [0.717, 1.165) is 32.2 Å². The lowest BCUT2D eigenvalue weighted by Crippen LogP contribution is -3.10. The Balaban J connectivity index is 1.96. The van der Waals surface area contributed by atoms with Gasteiger partial charge >= 0.3 is 0 Å². The second-order valence-electron chi connectivity index (χ2n) is 7.15. The van der Waals surface area contributed by atoms with Crippen molar-refractivity contribution in [3.05, 3.63) is 12.3 Å². The summed E-state index contributed by atoms with van der Waals surface area (Å²) in [6, 6.07) is 1.59. The molecule has 1 aromatic rings. The summed E-state index contributed by atoms with van der Waals surface area (Å²) in [5.74, 6) is 0.262. The third kappa shape index (κ3) is 6.44. The van der Waals surface area contributed by atoms with Crippen molar-refractivity contribution in [2.75, 3.05) is 38.0 Å². The Morgan fingerprint density at radius 2 is 2.12 bits per heavy atom. The third-order valence-corrected chi connectivity index (χ3v) is 5.15. The van der Waals surface area contributed by atoms with Crippen LogP contribution >= 0.6 is 0 Å². The zero-order valence-corrected chi connectivity index (χ0v) is 16.1. The Bertz CT molecular complexity index is 541. The van der Waals surface area contributed by atoms with Gasteiger partial charge in [-0.25, -0.2) is 0 Å².